The molecular formula is C18H15N3O4. The first-order valence-electron chi connectivity index (χ1n) is 7.59. The number of H-pyrrole nitrogens is 1. The van der Waals surface area contributed by atoms with Gasteiger partial charge in [0.25, 0.3) is 5.56 Å². The first-order chi connectivity index (χ1) is 12.1. The summed E-state index contributed by atoms with van der Waals surface area (Å²) in [6.45, 7) is 0. The van der Waals surface area contributed by atoms with Crippen molar-refractivity contribution >= 4 is 22.6 Å². The van der Waals surface area contributed by atoms with E-state index in [2.05, 4.69) is 15.5 Å². The summed E-state index contributed by atoms with van der Waals surface area (Å²) in [5.41, 5.74) is 0.514. The van der Waals surface area contributed by atoms with E-state index in [1.165, 1.54) is 0 Å². The zero-order valence-electron chi connectivity index (χ0n) is 13.1. The zero-order chi connectivity index (χ0) is 17.8. The Balaban J connectivity index is 1.84. The lowest BCUT2D eigenvalue weighted by atomic mass is 10.1. The third-order valence-electron chi connectivity index (χ3n) is 3.79. The van der Waals surface area contributed by atoms with E-state index in [9.17, 15) is 19.5 Å². The Morgan fingerprint density at radius 1 is 1.04 bits per heavy atom. The molecule has 1 aromatic heterocycles. The van der Waals surface area contributed by atoms with Crippen molar-refractivity contribution in [1.82, 2.24) is 15.5 Å². The van der Waals surface area contributed by atoms with E-state index >= 15 is 0 Å². The number of nitrogens with zero attached hydrogens (tertiary/aromatic N) is 1. The number of carbonyl (C=O) groups excluding carboxylic acids is 1. The normalized spacial score (nSPS) is 11.8. The molecule has 1 amide bonds. The Morgan fingerprint density at radius 3 is 2.36 bits per heavy atom. The highest BCUT2D eigenvalue weighted by molar-refractivity contribution is 5.90. The molecule has 7 heteroatoms. The third-order valence-corrected chi connectivity index (χ3v) is 3.79. The molecule has 1 atom stereocenters. The number of carboxylic acids is 1. The average molecular weight is 337 g/mol. The second-order valence-corrected chi connectivity index (χ2v) is 5.47. The highest BCUT2D eigenvalue weighted by Crippen LogP contribution is 2.15. The fourth-order valence-corrected chi connectivity index (χ4v) is 2.60. The summed E-state index contributed by atoms with van der Waals surface area (Å²) in [6.07, 6.45) is -0.145. The van der Waals surface area contributed by atoms with Gasteiger partial charge in [-0.1, -0.05) is 48.5 Å². The second-order valence-electron chi connectivity index (χ2n) is 5.47. The molecule has 126 valence electrons. The number of carbonyl (C=O) groups is 2. The molecule has 25 heavy (non-hydrogen) atoms. The number of aromatic amines is 1. The fraction of sp³-hybridized carbons (Fsp3) is 0.111. The van der Waals surface area contributed by atoms with Crippen molar-refractivity contribution in [3.05, 3.63) is 76.2 Å². The van der Waals surface area contributed by atoms with Gasteiger partial charge in [0.2, 0.25) is 5.91 Å². The summed E-state index contributed by atoms with van der Waals surface area (Å²) in [4.78, 5) is 35.6. The van der Waals surface area contributed by atoms with E-state index in [1.807, 2.05) is 0 Å². The summed E-state index contributed by atoms with van der Waals surface area (Å²) in [5.74, 6) is -1.65. The van der Waals surface area contributed by atoms with Gasteiger partial charge in [-0.25, -0.2) is 9.89 Å². The number of carboxylic acid groups (broad SMARTS) is 1. The van der Waals surface area contributed by atoms with Gasteiger partial charge in [-0.05, 0) is 11.6 Å². The molecule has 0 fully saturated rings. The van der Waals surface area contributed by atoms with Gasteiger partial charge < -0.3 is 10.4 Å². The number of aromatic nitrogens is 2. The van der Waals surface area contributed by atoms with E-state index < -0.39 is 17.9 Å². The third kappa shape index (κ3) is 3.55. The maximum Gasteiger partial charge on any atom is 0.330 e. The quantitative estimate of drug-likeness (QED) is 0.651. The van der Waals surface area contributed by atoms with Crippen molar-refractivity contribution in [3.8, 4) is 0 Å². The fourth-order valence-electron chi connectivity index (χ4n) is 2.60. The summed E-state index contributed by atoms with van der Waals surface area (Å²) < 4.78 is 0. The Morgan fingerprint density at radius 2 is 1.68 bits per heavy atom. The molecule has 2 aromatic carbocycles. The number of hydrogen-bond acceptors (Lipinski definition) is 4. The lowest BCUT2D eigenvalue weighted by Crippen LogP contribution is -2.35. The summed E-state index contributed by atoms with van der Waals surface area (Å²) >= 11 is 0. The summed E-state index contributed by atoms with van der Waals surface area (Å²) in [7, 11) is 0. The zero-order valence-corrected chi connectivity index (χ0v) is 13.1. The lowest BCUT2D eigenvalue weighted by Gasteiger charge is -2.15. The molecule has 0 aliphatic heterocycles. The number of aliphatic carboxylic acids is 1. The molecule has 3 rings (SSSR count). The predicted molar refractivity (Wildman–Crippen MR) is 91.0 cm³/mol. The van der Waals surface area contributed by atoms with Crippen molar-refractivity contribution in [2.24, 2.45) is 0 Å². The van der Waals surface area contributed by atoms with Crippen LogP contribution >= 0.6 is 0 Å². The van der Waals surface area contributed by atoms with Crippen LogP contribution in [0.15, 0.2) is 59.4 Å². The maximum absolute atomic E-state index is 12.3. The maximum atomic E-state index is 12.3. The first-order valence-corrected chi connectivity index (χ1v) is 7.59. The highest BCUT2D eigenvalue weighted by atomic mass is 16.4. The molecule has 0 saturated heterocycles. The van der Waals surface area contributed by atoms with Crippen LogP contribution in [0.25, 0.3) is 10.8 Å². The molecule has 0 saturated carbocycles. The molecule has 0 radical (unpaired) electrons. The van der Waals surface area contributed by atoms with E-state index in [1.54, 1.807) is 54.6 Å². The largest absolute Gasteiger partial charge is 0.479 e. The number of fused-ring (bicyclic) bond motifs is 1. The second kappa shape index (κ2) is 6.96. The van der Waals surface area contributed by atoms with Gasteiger partial charge in [0, 0.05) is 5.39 Å². The van der Waals surface area contributed by atoms with Gasteiger partial charge >= 0.3 is 5.97 Å². The van der Waals surface area contributed by atoms with E-state index in [0.717, 1.165) is 0 Å². The molecule has 0 unspecified atom stereocenters. The van der Waals surface area contributed by atoms with E-state index in [0.29, 0.717) is 22.0 Å². The van der Waals surface area contributed by atoms with Crippen LogP contribution in [-0.2, 0) is 16.0 Å². The molecule has 0 aliphatic rings. The summed E-state index contributed by atoms with van der Waals surface area (Å²) in [6, 6.07) is 14.1. The number of hydrogen-bond donors (Lipinski definition) is 3. The van der Waals surface area contributed by atoms with Gasteiger partial charge in [0.1, 0.15) is 0 Å². The van der Waals surface area contributed by atoms with Crippen LogP contribution in [0.2, 0.25) is 0 Å². The minimum Gasteiger partial charge on any atom is -0.479 e. The smallest absolute Gasteiger partial charge is 0.330 e. The predicted octanol–water partition coefficient (Wildman–Crippen LogP) is 1.41. The number of nitrogens with one attached hydrogen (secondary N) is 2. The molecule has 3 N–H and O–H groups in total. The number of benzene rings is 2. The molecular weight excluding hydrogens is 322 g/mol. The molecule has 1 heterocycles. The van der Waals surface area contributed by atoms with Crippen LogP contribution in [0.5, 0.6) is 0 Å². The van der Waals surface area contributed by atoms with Gasteiger partial charge in [-0.15, -0.1) is 0 Å². The van der Waals surface area contributed by atoms with Crippen molar-refractivity contribution in [2.75, 3.05) is 0 Å². The Kier molecular flexibility index (Phi) is 4.56. The van der Waals surface area contributed by atoms with Crippen LogP contribution in [0.1, 0.15) is 17.3 Å². The number of amides is 1. The topological polar surface area (TPSA) is 112 Å². The Hall–Kier alpha value is -3.48. The van der Waals surface area contributed by atoms with Crippen LogP contribution < -0.4 is 10.9 Å². The SMILES string of the molecule is O=C(Cc1n[nH]c(=O)c2ccccc12)N[C@@H](C(=O)O)c1ccccc1. The van der Waals surface area contributed by atoms with Crippen LogP contribution in [0, 0.1) is 0 Å². The molecule has 0 aliphatic carbocycles. The minimum atomic E-state index is -1.15. The Labute approximate surface area is 142 Å². The van der Waals surface area contributed by atoms with E-state index in [-0.39, 0.29) is 12.0 Å². The Bertz CT molecular complexity index is 982. The molecule has 0 spiro atoms. The van der Waals surface area contributed by atoms with Gasteiger partial charge in [0.05, 0.1) is 17.5 Å². The molecule has 0 bridgehead atoms. The number of rotatable bonds is 5. The first kappa shape index (κ1) is 16.4. The van der Waals surface area contributed by atoms with Crippen LogP contribution in [0.3, 0.4) is 0 Å². The van der Waals surface area contributed by atoms with Crippen molar-refractivity contribution in [1.29, 1.82) is 0 Å². The lowest BCUT2D eigenvalue weighted by molar-refractivity contribution is -0.142. The average Bonchev–Trinajstić information content (AvgIpc) is 2.63. The van der Waals surface area contributed by atoms with Crippen molar-refractivity contribution < 1.29 is 14.7 Å². The molecule has 7 nitrogen and oxygen atoms in total. The highest BCUT2D eigenvalue weighted by Gasteiger charge is 2.22. The van der Waals surface area contributed by atoms with Gasteiger partial charge in [0.15, 0.2) is 6.04 Å². The van der Waals surface area contributed by atoms with Crippen molar-refractivity contribution in [3.63, 3.8) is 0 Å². The van der Waals surface area contributed by atoms with Gasteiger partial charge in [-0.2, -0.15) is 5.10 Å². The van der Waals surface area contributed by atoms with Crippen LogP contribution in [-0.4, -0.2) is 27.2 Å². The van der Waals surface area contributed by atoms with Gasteiger partial charge in [-0.3, -0.25) is 9.59 Å². The summed E-state index contributed by atoms with van der Waals surface area (Å²) in [5, 5.41) is 19.1. The minimum absolute atomic E-state index is 0.145. The standard InChI is InChI=1S/C18H15N3O4/c22-15(19-16(18(24)25)11-6-2-1-3-7-11)10-14-12-8-4-5-9-13(12)17(23)21-20-14/h1-9,16H,10H2,(H,19,22)(H,21,23)(H,24,25)/t16-/m1/s1. The van der Waals surface area contributed by atoms with Crippen molar-refractivity contribution in [2.45, 2.75) is 12.5 Å². The monoisotopic (exact) mass is 337 g/mol. The van der Waals surface area contributed by atoms with E-state index in [4.69, 9.17) is 0 Å². The van der Waals surface area contributed by atoms with Crippen LogP contribution in [0.4, 0.5) is 0 Å². The molecule has 3 aromatic rings.